The first-order valence-electron chi connectivity index (χ1n) is 11.2. The van der Waals surface area contributed by atoms with Crippen molar-refractivity contribution >= 4 is 22.9 Å². The van der Waals surface area contributed by atoms with Gasteiger partial charge in [-0.1, -0.05) is 39.0 Å². The van der Waals surface area contributed by atoms with E-state index in [0.717, 1.165) is 34.7 Å². The fourth-order valence-corrected chi connectivity index (χ4v) is 4.81. The van der Waals surface area contributed by atoms with Gasteiger partial charge in [0.1, 0.15) is 11.6 Å². The van der Waals surface area contributed by atoms with Crippen molar-refractivity contribution in [2.75, 3.05) is 13.7 Å². The Kier molecular flexibility index (Phi) is 6.14. The number of carbonyl (C=O) groups is 1. The molecule has 174 valence electrons. The summed E-state index contributed by atoms with van der Waals surface area (Å²) in [7, 11) is 1.25. The first-order chi connectivity index (χ1) is 15.6. The van der Waals surface area contributed by atoms with Gasteiger partial charge in [0.25, 0.3) is 0 Å². The van der Waals surface area contributed by atoms with Crippen LogP contribution >= 0.6 is 0 Å². The van der Waals surface area contributed by atoms with Crippen molar-refractivity contribution in [1.29, 1.82) is 0 Å². The van der Waals surface area contributed by atoms with Crippen molar-refractivity contribution in [2.24, 2.45) is 5.41 Å². The van der Waals surface area contributed by atoms with Gasteiger partial charge in [-0.2, -0.15) is 0 Å². The second-order valence-electron chi connectivity index (χ2n) is 10.0. The van der Waals surface area contributed by atoms with Crippen LogP contribution in [0.1, 0.15) is 56.1 Å². The Labute approximate surface area is 193 Å². The van der Waals surface area contributed by atoms with E-state index in [1.54, 1.807) is 0 Å². The fraction of sp³-hybridized carbons (Fsp3) is 0.370. The highest BCUT2D eigenvalue weighted by Crippen LogP contribution is 2.43. The minimum absolute atomic E-state index is 0.0221. The SMILES string of the molecule is COC(=O)/C=C/c1cc(F)c(C2c3[nH]c4ccccc4c3C[C@@H](C)N2CC(C)(C)C)c(F)c1. The molecule has 0 saturated heterocycles. The molecule has 4 rings (SSSR count). The third kappa shape index (κ3) is 4.58. The van der Waals surface area contributed by atoms with Crippen molar-refractivity contribution in [3.05, 3.63) is 76.5 Å². The molecule has 6 heteroatoms. The van der Waals surface area contributed by atoms with Crippen LogP contribution in [0.3, 0.4) is 0 Å². The highest BCUT2D eigenvalue weighted by Gasteiger charge is 2.40. The maximum Gasteiger partial charge on any atom is 0.330 e. The maximum atomic E-state index is 15.6. The smallest absolute Gasteiger partial charge is 0.330 e. The number of nitrogens with zero attached hydrogens (tertiary/aromatic N) is 1. The standard InChI is InChI=1S/C27H30F2N2O2/c1-16-12-19-18-8-6-7-9-22(18)30-25(19)26(31(16)15-27(2,3)4)24-20(28)13-17(14-21(24)29)10-11-23(32)33-5/h6-11,13-14,16,26,30H,12,15H2,1-5H3/b11-10+/t16-,26?/m1/s1. The zero-order chi connectivity index (χ0) is 23.9. The lowest BCUT2D eigenvalue weighted by Gasteiger charge is -2.44. The second kappa shape index (κ2) is 8.75. The van der Waals surface area contributed by atoms with Crippen LogP contribution in [-0.4, -0.2) is 35.5 Å². The molecular formula is C27H30F2N2O2. The van der Waals surface area contributed by atoms with Gasteiger partial charge in [-0.3, -0.25) is 4.90 Å². The lowest BCUT2D eigenvalue weighted by molar-refractivity contribution is -0.134. The predicted molar refractivity (Wildman–Crippen MR) is 127 cm³/mol. The van der Waals surface area contributed by atoms with Gasteiger partial charge >= 0.3 is 5.97 Å². The summed E-state index contributed by atoms with van der Waals surface area (Å²) in [5.41, 5.74) is 3.15. The third-order valence-corrected chi connectivity index (χ3v) is 6.16. The molecule has 1 unspecified atom stereocenters. The van der Waals surface area contributed by atoms with Crippen LogP contribution in [0, 0.1) is 17.0 Å². The maximum absolute atomic E-state index is 15.6. The first kappa shape index (κ1) is 23.2. The molecule has 0 aliphatic carbocycles. The molecule has 1 aromatic heterocycles. The van der Waals surface area contributed by atoms with E-state index in [9.17, 15) is 4.79 Å². The molecule has 1 aliphatic heterocycles. The highest BCUT2D eigenvalue weighted by atomic mass is 19.1. The zero-order valence-electron chi connectivity index (χ0n) is 19.7. The number of methoxy groups -OCH3 is 1. The number of hydrogen-bond acceptors (Lipinski definition) is 3. The molecule has 0 bridgehead atoms. The summed E-state index contributed by atoms with van der Waals surface area (Å²) >= 11 is 0. The summed E-state index contributed by atoms with van der Waals surface area (Å²) in [6.07, 6.45) is 3.31. The Morgan fingerprint density at radius 1 is 1.21 bits per heavy atom. The molecular weight excluding hydrogens is 422 g/mol. The van der Waals surface area contributed by atoms with Gasteiger partial charge in [0, 0.05) is 40.8 Å². The molecule has 1 N–H and O–H groups in total. The number of H-pyrrole nitrogens is 1. The van der Waals surface area contributed by atoms with Crippen LogP contribution in [0.5, 0.6) is 0 Å². The summed E-state index contributed by atoms with van der Waals surface area (Å²) in [4.78, 5) is 17.1. The molecule has 2 atom stereocenters. The van der Waals surface area contributed by atoms with Crippen molar-refractivity contribution in [2.45, 2.75) is 46.2 Å². The number of ether oxygens (including phenoxy) is 1. The number of aromatic nitrogens is 1. The van der Waals surface area contributed by atoms with Gasteiger partial charge in [-0.15, -0.1) is 0 Å². The second-order valence-corrected chi connectivity index (χ2v) is 10.0. The van der Waals surface area contributed by atoms with Crippen LogP contribution in [0.4, 0.5) is 8.78 Å². The van der Waals surface area contributed by atoms with E-state index in [4.69, 9.17) is 0 Å². The topological polar surface area (TPSA) is 45.3 Å². The van der Waals surface area contributed by atoms with Crippen molar-refractivity contribution in [1.82, 2.24) is 9.88 Å². The van der Waals surface area contributed by atoms with Crippen molar-refractivity contribution in [3.63, 3.8) is 0 Å². The Bertz CT molecular complexity index is 1200. The number of benzene rings is 2. The highest BCUT2D eigenvalue weighted by molar-refractivity contribution is 5.87. The number of para-hydroxylation sites is 1. The molecule has 3 aromatic rings. The monoisotopic (exact) mass is 452 g/mol. The molecule has 0 amide bonds. The van der Waals surface area contributed by atoms with E-state index in [-0.39, 0.29) is 22.6 Å². The number of halogens is 2. The van der Waals surface area contributed by atoms with E-state index in [2.05, 4.69) is 48.4 Å². The van der Waals surface area contributed by atoms with Gasteiger partial charge in [0.15, 0.2) is 0 Å². The number of carbonyl (C=O) groups excluding carboxylic acids is 1. The lowest BCUT2D eigenvalue weighted by atomic mass is 9.85. The summed E-state index contributed by atoms with van der Waals surface area (Å²) in [5.74, 6) is -1.86. The van der Waals surface area contributed by atoms with E-state index < -0.39 is 23.6 Å². The van der Waals surface area contributed by atoms with Gasteiger partial charge in [0.2, 0.25) is 0 Å². The zero-order valence-corrected chi connectivity index (χ0v) is 19.7. The molecule has 0 fully saturated rings. The molecule has 2 heterocycles. The number of nitrogens with one attached hydrogen (secondary N) is 1. The molecule has 1 aliphatic rings. The van der Waals surface area contributed by atoms with E-state index in [1.165, 1.54) is 25.3 Å². The van der Waals surface area contributed by atoms with Crippen LogP contribution < -0.4 is 0 Å². The average molecular weight is 453 g/mol. The Hall–Kier alpha value is -2.99. The molecule has 33 heavy (non-hydrogen) atoms. The predicted octanol–water partition coefficient (Wildman–Crippen LogP) is 6.01. The number of esters is 1. The minimum Gasteiger partial charge on any atom is -0.466 e. The molecule has 0 saturated carbocycles. The summed E-state index contributed by atoms with van der Waals surface area (Å²) < 4.78 is 35.7. The van der Waals surface area contributed by atoms with Crippen LogP contribution in [-0.2, 0) is 16.0 Å². The largest absolute Gasteiger partial charge is 0.466 e. The normalized spacial score (nSPS) is 19.2. The van der Waals surface area contributed by atoms with E-state index in [1.807, 2.05) is 18.2 Å². The van der Waals surface area contributed by atoms with Crippen LogP contribution in [0.25, 0.3) is 17.0 Å². The van der Waals surface area contributed by atoms with Crippen LogP contribution in [0.2, 0.25) is 0 Å². The number of rotatable bonds is 4. The molecule has 4 nitrogen and oxygen atoms in total. The fourth-order valence-electron chi connectivity index (χ4n) is 4.81. The number of fused-ring (bicyclic) bond motifs is 3. The van der Waals surface area contributed by atoms with Crippen molar-refractivity contribution < 1.29 is 18.3 Å². The summed E-state index contributed by atoms with van der Waals surface area (Å²) in [6.45, 7) is 9.18. The first-order valence-corrected chi connectivity index (χ1v) is 11.2. The Morgan fingerprint density at radius 3 is 2.52 bits per heavy atom. The molecule has 0 radical (unpaired) electrons. The van der Waals surface area contributed by atoms with E-state index in [0.29, 0.717) is 6.54 Å². The minimum atomic E-state index is -0.637. The number of aromatic amines is 1. The van der Waals surface area contributed by atoms with Gasteiger partial charge in [-0.05, 0) is 54.2 Å². The quantitative estimate of drug-likeness (QED) is 0.389. The Balaban J connectivity index is 1.89. The average Bonchev–Trinajstić information content (AvgIpc) is 3.10. The van der Waals surface area contributed by atoms with Gasteiger partial charge < -0.3 is 9.72 Å². The third-order valence-electron chi connectivity index (χ3n) is 6.16. The molecule has 2 aromatic carbocycles. The summed E-state index contributed by atoms with van der Waals surface area (Å²) in [5, 5.41) is 1.10. The number of hydrogen-bond donors (Lipinski definition) is 1. The van der Waals surface area contributed by atoms with Crippen molar-refractivity contribution in [3.8, 4) is 0 Å². The Morgan fingerprint density at radius 2 is 1.88 bits per heavy atom. The van der Waals surface area contributed by atoms with Gasteiger partial charge in [0.05, 0.1) is 13.2 Å². The van der Waals surface area contributed by atoms with E-state index >= 15 is 8.78 Å². The molecule has 0 spiro atoms. The lowest BCUT2D eigenvalue weighted by Crippen LogP contribution is -2.46. The summed E-state index contributed by atoms with van der Waals surface area (Å²) in [6, 6.07) is 10.1. The van der Waals surface area contributed by atoms with Crippen LogP contribution in [0.15, 0.2) is 42.5 Å². The van der Waals surface area contributed by atoms with Gasteiger partial charge in [-0.25, -0.2) is 13.6 Å².